The van der Waals surface area contributed by atoms with E-state index in [-0.39, 0.29) is 0 Å². The van der Waals surface area contributed by atoms with Gasteiger partial charge in [0.2, 0.25) is 0 Å². The minimum atomic E-state index is 0.741. The van der Waals surface area contributed by atoms with Crippen molar-refractivity contribution in [2.75, 3.05) is 0 Å². The predicted octanol–water partition coefficient (Wildman–Crippen LogP) is 5.81. The van der Waals surface area contributed by atoms with Crippen LogP contribution < -0.4 is 0 Å². The van der Waals surface area contributed by atoms with Gasteiger partial charge in [0.25, 0.3) is 0 Å². The summed E-state index contributed by atoms with van der Waals surface area (Å²) in [6.45, 7) is 5.33. The molecule has 4 aliphatic carbocycles. The summed E-state index contributed by atoms with van der Waals surface area (Å²) < 4.78 is 0. The number of fused-ring (bicyclic) bond motifs is 5. The maximum absolute atomic E-state index is 2.70. The second-order valence-corrected chi connectivity index (χ2v) is 8.99. The molecule has 0 saturated heterocycles. The van der Waals surface area contributed by atoms with Crippen LogP contribution in [0.4, 0.5) is 0 Å². The lowest BCUT2D eigenvalue weighted by atomic mass is 9.45. The standard InChI is InChI=1S/C19H32/c1-18-11-5-7-16(18)15-9-8-14-6-3-4-12-19(14,2)17(15)10-13-18/h14-17H,3-13H2,1-2H3/t14-,15?,16?,17?,18?,19?/m0/s1. The third kappa shape index (κ3) is 1.70. The molecular formula is C19H32. The van der Waals surface area contributed by atoms with E-state index in [9.17, 15) is 0 Å². The van der Waals surface area contributed by atoms with Crippen LogP contribution in [0.1, 0.15) is 84.5 Å². The van der Waals surface area contributed by atoms with Crippen molar-refractivity contribution < 1.29 is 0 Å². The highest BCUT2D eigenvalue weighted by atomic mass is 14.6. The Balaban J connectivity index is 1.64. The molecule has 0 N–H and O–H groups in total. The molecule has 0 nitrogen and oxygen atoms in total. The highest BCUT2D eigenvalue weighted by molar-refractivity contribution is 5.06. The molecule has 4 rings (SSSR count). The van der Waals surface area contributed by atoms with E-state index < -0.39 is 0 Å². The Bertz CT molecular complexity index is 359. The molecule has 0 bridgehead atoms. The molecule has 0 amide bonds. The van der Waals surface area contributed by atoms with Crippen molar-refractivity contribution >= 4 is 0 Å². The summed E-state index contributed by atoms with van der Waals surface area (Å²) in [5, 5.41) is 0. The highest BCUT2D eigenvalue weighted by Gasteiger charge is 2.56. The summed E-state index contributed by atoms with van der Waals surface area (Å²) in [5.74, 6) is 4.41. The average molecular weight is 260 g/mol. The van der Waals surface area contributed by atoms with Crippen molar-refractivity contribution in [3.63, 3.8) is 0 Å². The summed E-state index contributed by atoms with van der Waals surface area (Å²) in [6.07, 6.45) is 17.1. The third-order valence-electron chi connectivity index (χ3n) is 8.36. The van der Waals surface area contributed by atoms with Crippen molar-refractivity contribution in [2.24, 2.45) is 34.5 Å². The predicted molar refractivity (Wildman–Crippen MR) is 81.0 cm³/mol. The first-order valence-corrected chi connectivity index (χ1v) is 9.13. The average Bonchev–Trinajstić information content (AvgIpc) is 2.79. The number of hydrogen-bond acceptors (Lipinski definition) is 0. The van der Waals surface area contributed by atoms with Crippen LogP contribution in [0.5, 0.6) is 0 Å². The smallest absolute Gasteiger partial charge is 0.0266 e. The van der Waals surface area contributed by atoms with Gasteiger partial charge in [-0.15, -0.1) is 0 Å². The van der Waals surface area contributed by atoms with Crippen LogP contribution in [0.2, 0.25) is 0 Å². The van der Waals surface area contributed by atoms with Crippen LogP contribution in [-0.2, 0) is 0 Å². The van der Waals surface area contributed by atoms with Crippen molar-refractivity contribution in [2.45, 2.75) is 84.5 Å². The van der Waals surface area contributed by atoms with Crippen LogP contribution in [0.25, 0.3) is 0 Å². The molecule has 0 spiro atoms. The van der Waals surface area contributed by atoms with Gasteiger partial charge in [-0.2, -0.15) is 0 Å². The normalized spacial score (nSPS) is 57.2. The van der Waals surface area contributed by atoms with Gasteiger partial charge in [0.15, 0.2) is 0 Å². The monoisotopic (exact) mass is 260 g/mol. The van der Waals surface area contributed by atoms with Gasteiger partial charge in [-0.1, -0.05) is 33.1 Å². The van der Waals surface area contributed by atoms with Gasteiger partial charge < -0.3 is 0 Å². The Kier molecular flexibility index (Phi) is 2.84. The topological polar surface area (TPSA) is 0 Å². The Morgan fingerprint density at radius 2 is 1.58 bits per heavy atom. The Morgan fingerprint density at radius 1 is 0.684 bits per heavy atom. The summed E-state index contributed by atoms with van der Waals surface area (Å²) in [6, 6.07) is 0. The first-order valence-electron chi connectivity index (χ1n) is 9.13. The van der Waals surface area contributed by atoms with Gasteiger partial charge in [0.1, 0.15) is 0 Å². The molecule has 0 aromatic rings. The molecule has 0 heterocycles. The van der Waals surface area contributed by atoms with Crippen LogP contribution >= 0.6 is 0 Å². The molecule has 4 aliphatic rings. The Labute approximate surface area is 119 Å². The zero-order chi connectivity index (χ0) is 13.1. The van der Waals surface area contributed by atoms with E-state index in [1.165, 1.54) is 19.3 Å². The van der Waals surface area contributed by atoms with Gasteiger partial charge in [0.05, 0.1) is 0 Å². The van der Waals surface area contributed by atoms with Gasteiger partial charge >= 0.3 is 0 Å². The number of rotatable bonds is 0. The van der Waals surface area contributed by atoms with E-state index >= 15 is 0 Å². The molecule has 0 aromatic heterocycles. The van der Waals surface area contributed by atoms with E-state index in [0.29, 0.717) is 0 Å². The van der Waals surface area contributed by atoms with E-state index in [2.05, 4.69) is 13.8 Å². The Morgan fingerprint density at radius 3 is 2.47 bits per heavy atom. The van der Waals surface area contributed by atoms with E-state index in [0.717, 1.165) is 34.5 Å². The molecule has 4 saturated carbocycles. The lowest BCUT2D eigenvalue weighted by molar-refractivity contribution is -0.103. The van der Waals surface area contributed by atoms with Crippen LogP contribution in [-0.4, -0.2) is 0 Å². The third-order valence-corrected chi connectivity index (χ3v) is 8.36. The largest absolute Gasteiger partial charge is 0.0594 e. The molecular weight excluding hydrogens is 228 g/mol. The molecule has 108 valence electrons. The highest BCUT2D eigenvalue weighted by Crippen LogP contribution is 2.66. The van der Waals surface area contributed by atoms with Gasteiger partial charge in [-0.3, -0.25) is 0 Å². The molecule has 0 aliphatic heterocycles. The molecule has 19 heavy (non-hydrogen) atoms. The molecule has 0 heteroatoms. The van der Waals surface area contributed by atoms with Crippen molar-refractivity contribution in [1.82, 2.24) is 0 Å². The fourth-order valence-corrected chi connectivity index (χ4v) is 7.29. The van der Waals surface area contributed by atoms with Crippen LogP contribution in [0.3, 0.4) is 0 Å². The van der Waals surface area contributed by atoms with Crippen molar-refractivity contribution in [3.8, 4) is 0 Å². The van der Waals surface area contributed by atoms with E-state index in [1.54, 1.807) is 51.4 Å². The minimum Gasteiger partial charge on any atom is -0.0594 e. The minimum absolute atomic E-state index is 0.741. The van der Waals surface area contributed by atoms with E-state index in [4.69, 9.17) is 0 Å². The zero-order valence-electron chi connectivity index (χ0n) is 13.1. The molecule has 6 atom stereocenters. The SMILES string of the molecule is CC12CCCC1C1CC[C@@H]3CCCCC3(C)C1CC2. The van der Waals surface area contributed by atoms with Gasteiger partial charge in [-0.25, -0.2) is 0 Å². The lowest BCUT2D eigenvalue weighted by Crippen LogP contribution is -2.51. The fourth-order valence-electron chi connectivity index (χ4n) is 7.29. The van der Waals surface area contributed by atoms with Gasteiger partial charge in [0, 0.05) is 0 Å². The quantitative estimate of drug-likeness (QED) is 0.515. The second kappa shape index (κ2) is 4.25. The maximum atomic E-state index is 2.70. The Hall–Kier alpha value is 0. The van der Waals surface area contributed by atoms with Crippen molar-refractivity contribution in [3.05, 3.63) is 0 Å². The molecule has 4 fully saturated rings. The summed E-state index contributed by atoms with van der Waals surface area (Å²) in [4.78, 5) is 0. The first kappa shape index (κ1) is 12.7. The summed E-state index contributed by atoms with van der Waals surface area (Å²) >= 11 is 0. The van der Waals surface area contributed by atoms with Gasteiger partial charge in [-0.05, 0) is 85.9 Å². The molecule has 0 aromatic carbocycles. The fraction of sp³-hybridized carbons (Fsp3) is 1.00. The van der Waals surface area contributed by atoms with Crippen molar-refractivity contribution in [1.29, 1.82) is 0 Å². The molecule has 5 unspecified atom stereocenters. The van der Waals surface area contributed by atoms with Crippen LogP contribution in [0.15, 0.2) is 0 Å². The van der Waals surface area contributed by atoms with E-state index in [1.807, 2.05) is 0 Å². The molecule has 0 radical (unpaired) electrons. The summed E-state index contributed by atoms with van der Waals surface area (Å²) in [5.41, 5.74) is 1.49. The second-order valence-electron chi connectivity index (χ2n) is 8.99. The number of hydrogen-bond donors (Lipinski definition) is 0. The van der Waals surface area contributed by atoms with Crippen LogP contribution in [0, 0.1) is 34.5 Å². The lowest BCUT2D eigenvalue weighted by Gasteiger charge is -2.60. The first-order chi connectivity index (χ1) is 9.13. The summed E-state index contributed by atoms with van der Waals surface area (Å²) in [7, 11) is 0. The zero-order valence-corrected chi connectivity index (χ0v) is 13.1. The maximum Gasteiger partial charge on any atom is -0.0266 e.